The Hall–Kier alpha value is 0.372. The van der Waals surface area contributed by atoms with Crippen molar-refractivity contribution in [2.45, 2.75) is 18.8 Å². The third-order valence-electron chi connectivity index (χ3n) is 0.959. The summed E-state index contributed by atoms with van der Waals surface area (Å²) >= 11 is 0. The zero-order chi connectivity index (χ0) is 9.99. The number of alkyl halides is 6. The monoisotopic (exact) mass is 429 g/mol. The Morgan fingerprint density at radius 1 is 1.00 bits per heavy atom. The molecule has 0 aromatic carbocycles. The second kappa shape index (κ2) is 5.30. The maximum Gasteiger partial charge on any atom is 0.420 e. The van der Waals surface area contributed by atoms with Gasteiger partial charge in [-0.3, -0.25) is 0 Å². The summed E-state index contributed by atoms with van der Waals surface area (Å²) in [6.07, 6.45) is -11.2. The molecule has 0 spiro atoms. The van der Waals surface area contributed by atoms with Crippen molar-refractivity contribution in [3.05, 3.63) is 18.6 Å². The van der Waals surface area contributed by atoms with Crippen molar-refractivity contribution in [3.8, 4) is 0 Å². The quantitative estimate of drug-likeness (QED) is 0.341. The number of hydrogen-bond donors (Lipinski definition) is 0. The summed E-state index contributed by atoms with van der Waals surface area (Å²) in [5.41, 5.74) is -2.50. The minimum absolute atomic E-state index is 0. The van der Waals surface area contributed by atoms with Crippen LogP contribution >= 0.6 is 0 Å². The molecule has 0 atom stereocenters. The smallest absolute Gasteiger partial charge is 0.340 e. The third-order valence-corrected chi connectivity index (χ3v) is 0.959. The van der Waals surface area contributed by atoms with E-state index in [4.69, 9.17) is 0 Å². The summed E-state index contributed by atoms with van der Waals surface area (Å²) in [6, 6.07) is 0. The van der Waals surface area contributed by atoms with Crippen LogP contribution in [0, 0.1) is 38.0 Å². The van der Waals surface area contributed by atoms with E-state index in [-0.39, 0.29) is 37.2 Å². The molecule has 0 N–H and O–H groups in total. The first-order valence-electron chi connectivity index (χ1n) is 2.83. The Morgan fingerprint density at radius 3 is 1.38 bits per heavy atom. The van der Waals surface area contributed by atoms with E-state index in [2.05, 4.69) is 6.92 Å². The molecule has 0 fully saturated rings. The normalized spacial score (nSPS) is 11.9. The van der Waals surface area contributed by atoms with Gasteiger partial charge >= 0.3 is 12.4 Å². The van der Waals surface area contributed by atoms with E-state index in [1.165, 1.54) is 0 Å². The van der Waals surface area contributed by atoms with Crippen molar-refractivity contribution in [2.75, 3.05) is 0 Å². The zero-order valence-electron chi connectivity index (χ0n) is 6.26. The number of rotatable bonds is 1. The van der Waals surface area contributed by atoms with Gasteiger partial charge in [-0.25, -0.2) is 0 Å². The standard InChI is InChI=1S/C6H5F6.U/c1-2-3-4(5(7,8)9)6(10,11)12;/h3H,1-2H2;/q-1;. The second-order valence-corrected chi connectivity index (χ2v) is 1.90. The van der Waals surface area contributed by atoms with Crippen LogP contribution in [-0.4, -0.2) is 12.4 Å². The first-order valence-corrected chi connectivity index (χ1v) is 2.83. The number of allylic oxidation sites excluding steroid dienone is 2. The predicted molar refractivity (Wildman–Crippen MR) is 30.2 cm³/mol. The molecule has 0 saturated carbocycles. The number of hydrogen-bond acceptors (Lipinski definition) is 0. The first-order chi connectivity index (χ1) is 5.19. The minimum Gasteiger partial charge on any atom is -0.340 e. The van der Waals surface area contributed by atoms with Crippen LogP contribution in [0.4, 0.5) is 26.3 Å². The van der Waals surface area contributed by atoms with Gasteiger partial charge in [-0.1, -0.05) is 6.08 Å². The molecule has 0 aliphatic heterocycles. The average Bonchev–Trinajstić information content (AvgIpc) is 1.77. The fourth-order valence-corrected chi connectivity index (χ4v) is 0.537. The molecule has 0 aliphatic rings. The van der Waals surface area contributed by atoms with Crippen LogP contribution in [0.5, 0.6) is 0 Å². The van der Waals surface area contributed by atoms with Gasteiger partial charge in [0, 0.05) is 31.1 Å². The minimum atomic E-state index is -5.35. The summed E-state index contributed by atoms with van der Waals surface area (Å²) in [6.45, 7) is 2.88. The molecular formula is C6H5F6U-. The van der Waals surface area contributed by atoms with E-state index in [1.54, 1.807) is 0 Å². The Kier molecular flexibility index (Phi) is 6.45. The van der Waals surface area contributed by atoms with Crippen LogP contribution in [0.3, 0.4) is 0 Å². The second-order valence-electron chi connectivity index (χ2n) is 1.90. The van der Waals surface area contributed by atoms with Gasteiger partial charge in [0.05, 0.1) is 0 Å². The Labute approximate surface area is 94.7 Å². The van der Waals surface area contributed by atoms with Crippen LogP contribution in [0.2, 0.25) is 0 Å². The van der Waals surface area contributed by atoms with Crippen molar-refractivity contribution >= 4 is 0 Å². The van der Waals surface area contributed by atoms with Crippen LogP contribution in [0.1, 0.15) is 6.42 Å². The van der Waals surface area contributed by atoms with Crippen LogP contribution < -0.4 is 0 Å². The molecule has 0 aromatic heterocycles. The van der Waals surface area contributed by atoms with Gasteiger partial charge in [0.25, 0.3) is 0 Å². The summed E-state index contributed by atoms with van der Waals surface area (Å²) in [7, 11) is 0. The fourth-order valence-electron chi connectivity index (χ4n) is 0.537. The van der Waals surface area contributed by atoms with E-state index in [0.29, 0.717) is 0 Å². The van der Waals surface area contributed by atoms with Crippen LogP contribution in [0.25, 0.3) is 0 Å². The first kappa shape index (κ1) is 15.8. The average molecular weight is 429 g/mol. The Balaban J connectivity index is 0. The van der Waals surface area contributed by atoms with Crippen LogP contribution in [-0.2, 0) is 0 Å². The van der Waals surface area contributed by atoms with Crippen molar-refractivity contribution in [3.63, 3.8) is 0 Å². The SMILES string of the molecule is [CH2-]CC=C(C(F)(F)F)C(F)(F)F.[U]. The molecule has 0 rings (SSSR count). The molecule has 0 bridgehead atoms. The van der Waals surface area contributed by atoms with E-state index in [1.807, 2.05) is 0 Å². The number of halogens is 6. The molecule has 0 aliphatic carbocycles. The molecule has 0 saturated heterocycles. The summed E-state index contributed by atoms with van der Waals surface area (Å²) in [5, 5.41) is 0. The summed E-state index contributed by atoms with van der Waals surface area (Å²) in [5.74, 6) is 0. The molecule has 0 nitrogen and oxygen atoms in total. The molecular weight excluding hydrogens is 424 g/mol. The molecule has 76 valence electrons. The Bertz CT molecular complexity index is 161. The summed E-state index contributed by atoms with van der Waals surface area (Å²) in [4.78, 5) is 0. The summed E-state index contributed by atoms with van der Waals surface area (Å²) < 4.78 is 69.5. The van der Waals surface area contributed by atoms with Crippen LogP contribution in [0.15, 0.2) is 11.6 Å². The van der Waals surface area contributed by atoms with Gasteiger partial charge in [-0.05, 0) is 0 Å². The van der Waals surface area contributed by atoms with Gasteiger partial charge in [0.1, 0.15) is 5.57 Å². The topological polar surface area (TPSA) is 0 Å². The molecule has 0 unspecified atom stereocenters. The van der Waals surface area contributed by atoms with Gasteiger partial charge in [-0.2, -0.15) is 32.8 Å². The van der Waals surface area contributed by atoms with E-state index < -0.39 is 24.3 Å². The molecule has 0 heterocycles. The van der Waals surface area contributed by atoms with Gasteiger partial charge in [-0.15, -0.1) is 0 Å². The van der Waals surface area contributed by atoms with Crippen molar-refractivity contribution < 1.29 is 57.5 Å². The van der Waals surface area contributed by atoms with E-state index in [0.717, 1.165) is 0 Å². The molecule has 0 aromatic rings. The Morgan fingerprint density at radius 2 is 1.31 bits per heavy atom. The van der Waals surface area contributed by atoms with Gasteiger partial charge in [0.2, 0.25) is 0 Å². The van der Waals surface area contributed by atoms with Crippen molar-refractivity contribution in [2.24, 2.45) is 0 Å². The van der Waals surface area contributed by atoms with Crippen molar-refractivity contribution in [1.29, 1.82) is 0 Å². The van der Waals surface area contributed by atoms with E-state index >= 15 is 0 Å². The zero-order valence-corrected chi connectivity index (χ0v) is 10.4. The molecule has 0 radical (unpaired) electrons. The predicted octanol–water partition coefficient (Wildman–Crippen LogP) is 3.26. The molecule has 13 heavy (non-hydrogen) atoms. The maximum atomic E-state index is 11.6. The third kappa shape index (κ3) is 5.63. The maximum absolute atomic E-state index is 11.6. The van der Waals surface area contributed by atoms with Gasteiger partial charge < -0.3 is 6.92 Å². The molecule has 7 heteroatoms. The molecule has 0 amide bonds. The largest absolute Gasteiger partial charge is 0.420 e. The van der Waals surface area contributed by atoms with E-state index in [9.17, 15) is 26.3 Å². The fraction of sp³-hybridized carbons (Fsp3) is 0.500. The van der Waals surface area contributed by atoms with Crippen molar-refractivity contribution in [1.82, 2.24) is 0 Å². The van der Waals surface area contributed by atoms with Gasteiger partial charge in [0.15, 0.2) is 0 Å².